The predicted molar refractivity (Wildman–Crippen MR) is 64.6 cm³/mol. The Morgan fingerprint density at radius 3 is 2.67 bits per heavy atom. The van der Waals surface area contributed by atoms with Crippen LogP contribution in [0, 0.1) is 18.6 Å². The quantitative estimate of drug-likeness (QED) is 0.842. The van der Waals surface area contributed by atoms with E-state index in [1.165, 1.54) is 12.1 Å². The van der Waals surface area contributed by atoms with Crippen molar-refractivity contribution in [2.45, 2.75) is 19.4 Å². The lowest BCUT2D eigenvalue weighted by atomic mass is 10.0. The Hall–Kier alpha value is -1.91. The zero-order valence-corrected chi connectivity index (χ0v) is 9.95. The van der Waals surface area contributed by atoms with Crippen molar-refractivity contribution in [3.05, 3.63) is 47.2 Å². The van der Waals surface area contributed by atoms with Crippen molar-refractivity contribution in [3.8, 4) is 0 Å². The average molecular weight is 249 g/mol. The maximum Gasteiger partial charge on any atom is 0.126 e. The molecule has 0 saturated heterocycles. The molecule has 1 unspecified atom stereocenters. The summed E-state index contributed by atoms with van der Waals surface area (Å²) in [6.45, 7) is 2.67. The number of halogens is 2. The topological polar surface area (TPSA) is 29.9 Å². The van der Waals surface area contributed by atoms with E-state index in [1.54, 1.807) is 4.68 Å². The van der Waals surface area contributed by atoms with Gasteiger partial charge in [-0.2, -0.15) is 5.10 Å². The monoisotopic (exact) mass is 249 g/mol. The maximum atomic E-state index is 13.3. The molecule has 1 aromatic carbocycles. The van der Waals surface area contributed by atoms with Crippen LogP contribution in [-0.4, -0.2) is 16.3 Å². The van der Waals surface area contributed by atoms with E-state index in [4.69, 9.17) is 0 Å². The second-order valence-corrected chi connectivity index (χ2v) is 4.55. The Morgan fingerprint density at radius 2 is 1.94 bits per heavy atom. The van der Waals surface area contributed by atoms with Crippen LogP contribution in [0.25, 0.3) is 0 Å². The molecule has 0 fully saturated rings. The van der Waals surface area contributed by atoms with Crippen LogP contribution in [-0.2, 0) is 0 Å². The van der Waals surface area contributed by atoms with Crippen molar-refractivity contribution in [2.24, 2.45) is 0 Å². The van der Waals surface area contributed by atoms with Crippen LogP contribution in [0.1, 0.15) is 23.7 Å². The van der Waals surface area contributed by atoms with Gasteiger partial charge in [0, 0.05) is 18.7 Å². The number of fused-ring (bicyclic) bond motifs is 1. The molecule has 0 spiro atoms. The number of aromatic nitrogens is 2. The minimum absolute atomic E-state index is 0.111. The maximum absolute atomic E-state index is 13.3. The summed E-state index contributed by atoms with van der Waals surface area (Å²) in [5.74, 6) is -0.198. The standard InChI is InChI=1S/C13H13F2N3/c1-8-4-13-16-3-2-12(18(13)17-8)9-5-10(14)7-11(15)6-9/h4-7,12,16H,2-3H2,1H3. The summed E-state index contributed by atoms with van der Waals surface area (Å²) in [7, 11) is 0. The minimum Gasteiger partial charge on any atom is -0.370 e. The summed E-state index contributed by atoms with van der Waals surface area (Å²) in [6, 6.07) is 5.46. The van der Waals surface area contributed by atoms with Gasteiger partial charge in [0.25, 0.3) is 0 Å². The molecule has 0 amide bonds. The third-order valence-corrected chi connectivity index (χ3v) is 3.15. The first kappa shape index (κ1) is 11.2. The molecule has 3 rings (SSSR count). The molecular formula is C13H13F2N3. The van der Waals surface area contributed by atoms with Crippen LogP contribution in [0.4, 0.5) is 14.6 Å². The van der Waals surface area contributed by atoms with Crippen LogP contribution >= 0.6 is 0 Å². The van der Waals surface area contributed by atoms with Gasteiger partial charge in [-0.1, -0.05) is 0 Å². The van der Waals surface area contributed by atoms with Gasteiger partial charge >= 0.3 is 0 Å². The number of benzene rings is 1. The van der Waals surface area contributed by atoms with E-state index in [1.807, 2.05) is 13.0 Å². The van der Waals surface area contributed by atoms with Gasteiger partial charge in [0.2, 0.25) is 0 Å². The average Bonchev–Trinajstić information content (AvgIpc) is 2.67. The first-order chi connectivity index (χ1) is 8.63. The van der Waals surface area contributed by atoms with Crippen molar-refractivity contribution in [3.63, 3.8) is 0 Å². The van der Waals surface area contributed by atoms with Crippen molar-refractivity contribution in [1.82, 2.24) is 9.78 Å². The SMILES string of the molecule is Cc1cc2n(n1)C(c1cc(F)cc(F)c1)CCN2. The van der Waals surface area contributed by atoms with E-state index in [0.29, 0.717) is 5.56 Å². The Labute approximate surface area is 103 Å². The Bertz CT molecular complexity index is 572. The summed E-state index contributed by atoms with van der Waals surface area (Å²) < 4.78 is 28.4. The molecule has 1 aliphatic heterocycles. The molecule has 0 saturated carbocycles. The van der Waals surface area contributed by atoms with Crippen molar-refractivity contribution in [1.29, 1.82) is 0 Å². The van der Waals surface area contributed by atoms with Gasteiger partial charge in [-0.15, -0.1) is 0 Å². The van der Waals surface area contributed by atoms with E-state index < -0.39 is 11.6 Å². The van der Waals surface area contributed by atoms with Gasteiger partial charge in [0.05, 0.1) is 11.7 Å². The van der Waals surface area contributed by atoms with E-state index in [9.17, 15) is 8.78 Å². The molecule has 2 aromatic rings. The lowest BCUT2D eigenvalue weighted by Crippen LogP contribution is -2.24. The van der Waals surface area contributed by atoms with E-state index >= 15 is 0 Å². The van der Waals surface area contributed by atoms with Crippen LogP contribution in [0.3, 0.4) is 0 Å². The van der Waals surface area contributed by atoms with Crippen molar-refractivity contribution >= 4 is 5.82 Å². The zero-order valence-electron chi connectivity index (χ0n) is 9.95. The molecule has 18 heavy (non-hydrogen) atoms. The summed E-state index contributed by atoms with van der Waals surface area (Å²) in [4.78, 5) is 0. The van der Waals surface area contributed by atoms with Gasteiger partial charge < -0.3 is 5.32 Å². The smallest absolute Gasteiger partial charge is 0.126 e. The number of hydrogen-bond acceptors (Lipinski definition) is 2. The Kier molecular flexibility index (Phi) is 2.54. The highest BCUT2D eigenvalue weighted by atomic mass is 19.1. The van der Waals surface area contributed by atoms with Gasteiger partial charge in [0.15, 0.2) is 0 Å². The van der Waals surface area contributed by atoms with Crippen LogP contribution in [0.5, 0.6) is 0 Å². The fourth-order valence-electron chi connectivity index (χ4n) is 2.42. The molecule has 1 aliphatic rings. The van der Waals surface area contributed by atoms with Crippen LogP contribution in [0.2, 0.25) is 0 Å². The molecule has 2 heterocycles. The first-order valence-electron chi connectivity index (χ1n) is 5.89. The van der Waals surface area contributed by atoms with Crippen molar-refractivity contribution in [2.75, 3.05) is 11.9 Å². The Balaban J connectivity index is 2.07. The highest BCUT2D eigenvalue weighted by Gasteiger charge is 2.23. The fourth-order valence-corrected chi connectivity index (χ4v) is 2.42. The lowest BCUT2D eigenvalue weighted by Gasteiger charge is -2.26. The third kappa shape index (κ3) is 1.85. The number of rotatable bonds is 1. The molecule has 3 nitrogen and oxygen atoms in total. The largest absolute Gasteiger partial charge is 0.370 e. The predicted octanol–water partition coefficient (Wildman–Crippen LogP) is 2.87. The van der Waals surface area contributed by atoms with Crippen LogP contribution < -0.4 is 5.32 Å². The molecule has 1 aromatic heterocycles. The number of nitrogens with zero attached hydrogens (tertiary/aromatic N) is 2. The molecule has 0 bridgehead atoms. The van der Waals surface area contributed by atoms with Gasteiger partial charge in [0.1, 0.15) is 17.5 Å². The van der Waals surface area contributed by atoms with Gasteiger partial charge in [-0.05, 0) is 31.0 Å². The molecular weight excluding hydrogens is 236 g/mol. The van der Waals surface area contributed by atoms with Crippen LogP contribution in [0.15, 0.2) is 24.3 Å². The number of aryl methyl sites for hydroxylation is 1. The summed E-state index contributed by atoms with van der Waals surface area (Å²) in [5, 5.41) is 7.60. The van der Waals surface area contributed by atoms with Crippen molar-refractivity contribution < 1.29 is 8.78 Å². The molecule has 0 radical (unpaired) electrons. The number of nitrogens with one attached hydrogen (secondary N) is 1. The van der Waals surface area contributed by atoms with E-state index in [2.05, 4.69) is 10.4 Å². The van der Waals surface area contributed by atoms with Gasteiger partial charge in [-0.25, -0.2) is 13.5 Å². The lowest BCUT2D eigenvalue weighted by molar-refractivity contribution is 0.472. The highest BCUT2D eigenvalue weighted by molar-refractivity contribution is 5.41. The second-order valence-electron chi connectivity index (χ2n) is 4.55. The van der Waals surface area contributed by atoms with Gasteiger partial charge in [-0.3, -0.25) is 0 Å². The minimum atomic E-state index is -0.547. The normalized spacial score (nSPS) is 18.3. The molecule has 1 N–H and O–H groups in total. The molecule has 94 valence electrons. The summed E-state index contributed by atoms with van der Waals surface area (Å²) in [5.41, 5.74) is 1.51. The molecule has 0 aliphatic carbocycles. The van der Waals surface area contributed by atoms with E-state index in [-0.39, 0.29) is 6.04 Å². The highest BCUT2D eigenvalue weighted by Crippen LogP contribution is 2.30. The second kappa shape index (κ2) is 4.08. The third-order valence-electron chi connectivity index (χ3n) is 3.15. The number of anilines is 1. The zero-order chi connectivity index (χ0) is 12.7. The fraction of sp³-hybridized carbons (Fsp3) is 0.308. The first-order valence-corrected chi connectivity index (χ1v) is 5.89. The van der Waals surface area contributed by atoms with E-state index in [0.717, 1.165) is 30.5 Å². The molecule has 1 atom stereocenters. The summed E-state index contributed by atoms with van der Waals surface area (Å²) >= 11 is 0. The summed E-state index contributed by atoms with van der Waals surface area (Å²) in [6.07, 6.45) is 0.761. The molecule has 5 heteroatoms. The number of hydrogen-bond donors (Lipinski definition) is 1. The Morgan fingerprint density at radius 1 is 1.22 bits per heavy atom.